The molecule has 0 aromatic heterocycles. The third-order valence-corrected chi connectivity index (χ3v) is 2.09. The summed E-state index contributed by atoms with van der Waals surface area (Å²) in [6.07, 6.45) is 0. The Balaban J connectivity index is 4.84. The molecule has 0 fully saturated rings. The number of hydrogen-bond donors (Lipinski definition) is 0. The highest BCUT2D eigenvalue weighted by Crippen LogP contribution is 2.25. The Morgan fingerprint density at radius 1 is 1.07 bits per heavy atom. The Morgan fingerprint density at radius 3 is 1.64 bits per heavy atom. The van der Waals surface area contributed by atoms with Crippen LogP contribution < -0.4 is 0 Å². The van der Waals surface area contributed by atoms with Gasteiger partial charge < -0.3 is 9.64 Å². The van der Waals surface area contributed by atoms with Crippen LogP contribution in [0.4, 0.5) is 0 Å². The average molecular weight is 217 g/mol. The number of rotatable bonds is 1. The number of thiocarbonyl (C=S) groups is 1. The SMILES string of the molecule is CCOC(=S)N(C(C)(C)C)C(C)(C)C. The van der Waals surface area contributed by atoms with Gasteiger partial charge in [0, 0.05) is 11.1 Å². The second-order valence-electron chi connectivity index (χ2n) is 5.38. The van der Waals surface area contributed by atoms with Crippen LogP contribution >= 0.6 is 12.2 Å². The van der Waals surface area contributed by atoms with E-state index in [2.05, 4.69) is 46.4 Å². The fourth-order valence-corrected chi connectivity index (χ4v) is 2.41. The van der Waals surface area contributed by atoms with Gasteiger partial charge in [0.15, 0.2) is 0 Å². The van der Waals surface area contributed by atoms with Crippen molar-refractivity contribution in [2.45, 2.75) is 59.5 Å². The molecule has 14 heavy (non-hydrogen) atoms. The van der Waals surface area contributed by atoms with Crippen LogP contribution in [0.25, 0.3) is 0 Å². The third-order valence-electron chi connectivity index (χ3n) is 1.79. The minimum atomic E-state index is -0.00942. The Morgan fingerprint density at radius 2 is 1.43 bits per heavy atom. The predicted octanol–water partition coefficient (Wildman–Crippen LogP) is 3.21. The van der Waals surface area contributed by atoms with E-state index in [-0.39, 0.29) is 11.1 Å². The van der Waals surface area contributed by atoms with Crippen molar-refractivity contribution in [3.8, 4) is 0 Å². The van der Waals surface area contributed by atoms with Gasteiger partial charge in [0.25, 0.3) is 5.17 Å². The van der Waals surface area contributed by atoms with E-state index in [4.69, 9.17) is 17.0 Å². The molecule has 0 bridgehead atoms. The van der Waals surface area contributed by atoms with Gasteiger partial charge in [-0.25, -0.2) is 0 Å². The van der Waals surface area contributed by atoms with Crippen LogP contribution in [0.3, 0.4) is 0 Å². The monoisotopic (exact) mass is 217 g/mol. The van der Waals surface area contributed by atoms with Crippen LogP contribution in [0.2, 0.25) is 0 Å². The summed E-state index contributed by atoms with van der Waals surface area (Å²) >= 11 is 5.27. The molecule has 0 heterocycles. The van der Waals surface area contributed by atoms with Gasteiger partial charge in [0.2, 0.25) is 0 Å². The van der Waals surface area contributed by atoms with Crippen molar-refractivity contribution >= 4 is 17.4 Å². The van der Waals surface area contributed by atoms with Gasteiger partial charge in [-0.2, -0.15) is 0 Å². The second kappa shape index (κ2) is 4.47. The molecule has 84 valence electrons. The highest BCUT2D eigenvalue weighted by molar-refractivity contribution is 7.80. The lowest BCUT2D eigenvalue weighted by Gasteiger charge is -2.46. The molecule has 0 aromatic rings. The molecule has 0 amide bonds. The summed E-state index contributed by atoms with van der Waals surface area (Å²) < 4.78 is 5.41. The molecule has 0 radical (unpaired) electrons. The first-order valence-electron chi connectivity index (χ1n) is 5.07. The maximum atomic E-state index is 5.41. The van der Waals surface area contributed by atoms with Crippen LogP contribution in [-0.4, -0.2) is 27.8 Å². The zero-order chi connectivity index (χ0) is 11.6. The summed E-state index contributed by atoms with van der Waals surface area (Å²) in [4.78, 5) is 2.14. The predicted molar refractivity (Wildman–Crippen MR) is 65.6 cm³/mol. The third kappa shape index (κ3) is 3.82. The molecule has 0 aromatic carbocycles. The van der Waals surface area contributed by atoms with E-state index in [0.717, 1.165) is 0 Å². The van der Waals surface area contributed by atoms with E-state index in [9.17, 15) is 0 Å². The van der Waals surface area contributed by atoms with E-state index in [1.54, 1.807) is 0 Å². The fraction of sp³-hybridized carbons (Fsp3) is 0.909. The van der Waals surface area contributed by atoms with E-state index < -0.39 is 0 Å². The van der Waals surface area contributed by atoms with Crippen molar-refractivity contribution < 1.29 is 4.74 Å². The van der Waals surface area contributed by atoms with Crippen molar-refractivity contribution in [1.29, 1.82) is 0 Å². The summed E-state index contributed by atoms with van der Waals surface area (Å²) in [5.74, 6) is 0. The van der Waals surface area contributed by atoms with Gasteiger partial charge in [-0.3, -0.25) is 0 Å². The standard InChI is InChI=1S/C11H23NOS/c1-8-13-9(14)12(10(2,3)4)11(5,6)7/h8H2,1-7H3. The van der Waals surface area contributed by atoms with E-state index in [0.29, 0.717) is 11.8 Å². The zero-order valence-electron chi connectivity index (χ0n) is 10.5. The Labute approximate surface area is 93.6 Å². The highest BCUT2D eigenvalue weighted by Gasteiger charge is 2.34. The topological polar surface area (TPSA) is 12.5 Å². The van der Waals surface area contributed by atoms with Crippen molar-refractivity contribution in [3.63, 3.8) is 0 Å². The van der Waals surface area contributed by atoms with Crippen LogP contribution in [0, 0.1) is 0 Å². The lowest BCUT2D eigenvalue weighted by atomic mass is 9.97. The van der Waals surface area contributed by atoms with Gasteiger partial charge >= 0.3 is 0 Å². The van der Waals surface area contributed by atoms with Crippen molar-refractivity contribution in [3.05, 3.63) is 0 Å². The first-order valence-corrected chi connectivity index (χ1v) is 5.48. The number of ether oxygens (including phenoxy) is 1. The van der Waals surface area contributed by atoms with Gasteiger partial charge in [-0.1, -0.05) is 0 Å². The van der Waals surface area contributed by atoms with Crippen LogP contribution in [0.5, 0.6) is 0 Å². The molecule has 0 saturated carbocycles. The first kappa shape index (κ1) is 13.7. The molecule has 0 aliphatic heterocycles. The fourth-order valence-electron chi connectivity index (χ4n) is 1.74. The second-order valence-corrected chi connectivity index (χ2v) is 5.73. The molecule has 3 heteroatoms. The molecule has 0 spiro atoms. The van der Waals surface area contributed by atoms with E-state index in [1.807, 2.05) is 6.92 Å². The molecule has 0 rings (SSSR count). The maximum Gasteiger partial charge on any atom is 0.260 e. The van der Waals surface area contributed by atoms with Gasteiger partial charge in [-0.15, -0.1) is 0 Å². The molecular weight excluding hydrogens is 194 g/mol. The summed E-state index contributed by atoms with van der Waals surface area (Å²) in [6.45, 7) is 15.4. The van der Waals surface area contributed by atoms with Crippen molar-refractivity contribution in [1.82, 2.24) is 4.90 Å². The minimum Gasteiger partial charge on any atom is -0.471 e. The van der Waals surface area contributed by atoms with Crippen LogP contribution in [0.1, 0.15) is 48.5 Å². The maximum absolute atomic E-state index is 5.41. The summed E-state index contributed by atoms with van der Waals surface area (Å²) in [5.41, 5.74) is -0.0188. The normalized spacial score (nSPS) is 12.5. The molecule has 0 saturated heterocycles. The molecule has 0 aliphatic rings. The first-order chi connectivity index (χ1) is 6.10. The van der Waals surface area contributed by atoms with Crippen LogP contribution in [-0.2, 0) is 4.74 Å². The van der Waals surface area contributed by atoms with Gasteiger partial charge in [-0.05, 0) is 60.7 Å². The number of hydrogen-bond acceptors (Lipinski definition) is 2. The molecule has 0 unspecified atom stereocenters. The minimum absolute atomic E-state index is 0.00942. The Bertz CT molecular complexity index is 186. The molecule has 0 aliphatic carbocycles. The molecular formula is C11H23NOS. The molecule has 0 atom stereocenters. The Hall–Kier alpha value is -0.310. The lowest BCUT2D eigenvalue weighted by molar-refractivity contribution is 0.0882. The summed E-state index contributed by atoms with van der Waals surface area (Å²) in [6, 6.07) is 0. The van der Waals surface area contributed by atoms with Gasteiger partial charge in [0.05, 0.1) is 6.61 Å². The lowest BCUT2D eigenvalue weighted by Crippen LogP contribution is -2.55. The molecule has 2 nitrogen and oxygen atoms in total. The smallest absolute Gasteiger partial charge is 0.260 e. The van der Waals surface area contributed by atoms with E-state index >= 15 is 0 Å². The summed E-state index contributed by atoms with van der Waals surface area (Å²) in [5, 5.41) is 0.590. The Kier molecular flexibility index (Phi) is 4.37. The molecule has 0 N–H and O–H groups in total. The quantitative estimate of drug-likeness (QED) is 0.626. The summed E-state index contributed by atoms with van der Waals surface area (Å²) in [7, 11) is 0. The highest BCUT2D eigenvalue weighted by atomic mass is 32.1. The van der Waals surface area contributed by atoms with Gasteiger partial charge in [0.1, 0.15) is 0 Å². The van der Waals surface area contributed by atoms with Crippen molar-refractivity contribution in [2.75, 3.05) is 6.61 Å². The zero-order valence-corrected chi connectivity index (χ0v) is 11.3. The number of nitrogens with zero attached hydrogens (tertiary/aromatic N) is 1. The average Bonchev–Trinajstić information content (AvgIpc) is 1.78. The van der Waals surface area contributed by atoms with Crippen molar-refractivity contribution in [2.24, 2.45) is 0 Å². The van der Waals surface area contributed by atoms with Crippen LogP contribution in [0.15, 0.2) is 0 Å². The largest absolute Gasteiger partial charge is 0.471 e. The van der Waals surface area contributed by atoms with E-state index in [1.165, 1.54) is 0 Å².